The van der Waals surface area contributed by atoms with Crippen molar-refractivity contribution in [3.63, 3.8) is 0 Å². The molecule has 0 aromatic rings. The van der Waals surface area contributed by atoms with E-state index in [0.717, 1.165) is 0 Å². The lowest BCUT2D eigenvalue weighted by Gasteiger charge is -2.23. The molecule has 0 bridgehead atoms. The molecule has 29 heavy (non-hydrogen) atoms. The van der Waals surface area contributed by atoms with Gasteiger partial charge in [0.25, 0.3) is 0 Å². The average Bonchev–Trinajstić information content (AvgIpc) is 2.61. The molecule has 0 radical (unpaired) electrons. The van der Waals surface area contributed by atoms with Gasteiger partial charge in [-0.1, -0.05) is 0 Å². The molecular formula is C15H25N5O9. The zero-order valence-corrected chi connectivity index (χ0v) is 15.6. The van der Waals surface area contributed by atoms with Crippen LogP contribution >= 0.6 is 0 Å². The van der Waals surface area contributed by atoms with Crippen LogP contribution in [0.1, 0.15) is 26.2 Å². The number of nitrogens with two attached hydrogens (primary N) is 2. The summed E-state index contributed by atoms with van der Waals surface area (Å²) in [5, 5.41) is 32.8. The average molecular weight is 419 g/mol. The van der Waals surface area contributed by atoms with E-state index in [1.54, 1.807) is 0 Å². The van der Waals surface area contributed by atoms with Gasteiger partial charge in [-0.3, -0.25) is 24.0 Å². The van der Waals surface area contributed by atoms with Crippen LogP contribution in [0.2, 0.25) is 0 Å². The molecule has 164 valence electrons. The van der Waals surface area contributed by atoms with Crippen LogP contribution in [0.25, 0.3) is 0 Å². The first-order chi connectivity index (χ1) is 13.4. The standard InChI is InChI=1S/C15H25N5O9/c1-6(18-13(26)7(16)4-11(23)24)12(25)19-8(2-3-10(17)22)14(27)20-9(5-21)15(28)29/h6-9,21H,2-5,16H2,1H3,(H2,17,22)(H,18,26)(H,19,25)(H,20,27)(H,23,24)(H,28,29). The Morgan fingerprint density at radius 2 is 1.45 bits per heavy atom. The molecule has 0 rings (SSSR count). The number of aliphatic hydroxyl groups is 1. The van der Waals surface area contributed by atoms with E-state index < -0.39 is 72.8 Å². The summed E-state index contributed by atoms with van der Waals surface area (Å²) in [4.78, 5) is 68.7. The number of primary amides is 1. The van der Waals surface area contributed by atoms with Crippen LogP contribution in [0.3, 0.4) is 0 Å². The molecule has 0 aliphatic rings. The number of nitrogens with one attached hydrogen (secondary N) is 3. The Bertz CT molecular complexity index is 654. The Kier molecular flexibility index (Phi) is 10.9. The fourth-order valence-corrected chi connectivity index (χ4v) is 1.98. The van der Waals surface area contributed by atoms with E-state index in [1.165, 1.54) is 6.92 Å². The SMILES string of the molecule is CC(NC(=O)C(N)CC(=O)O)C(=O)NC(CCC(N)=O)C(=O)NC(CO)C(=O)O. The van der Waals surface area contributed by atoms with Gasteiger partial charge >= 0.3 is 11.9 Å². The first kappa shape index (κ1) is 25.7. The number of hydrogen-bond donors (Lipinski definition) is 8. The van der Waals surface area contributed by atoms with Gasteiger partial charge in [0.15, 0.2) is 0 Å². The van der Waals surface area contributed by atoms with Crippen molar-refractivity contribution in [1.82, 2.24) is 16.0 Å². The topological polar surface area (TPSA) is 251 Å². The van der Waals surface area contributed by atoms with Gasteiger partial charge in [-0.05, 0) is 13.3 Å². The quantitative estimate of drug-likeness (QED) is 0.142. The Morgan fingerprint density at radius 1 is 0.897 bits per heavy atom. The van der Waals surface area contributed by atoms with Crippen molar-refractivity contribution in [2.24, 2.45) is 11.5 Å². The van der Waals surface area contributed by atoms with Crippen LogP contribution in [-0.4, -0.2) is 81.7 Å². The second-order valence-electron chi connectivity index (χ2n) is 6.08. The second-order valence-corrected chi connectivity index (χ2v) is 6.08. The van der Waals surface area contributed by atoms with Crippen molar-refractivity contribution < 1.29 is 44.1 Å². The molecule has 4 atom stereocenters. The van der Waals surface area contributed by atoms with E-state index in [1.807, 2.05) is 5.32 Å². The van der Waals surface area contributed by atoms with E-state index in [4.69, 9.17) is 26.8 Å². The summed E-state index contributed by atoms with van der Waals surface area (Å²) in [6.45, 7) is 0.322. The maximum absolute atomic E-state index is 12.2. The van der Waals surface area contributed by atoms with E-state index in [0.29, 0.717) is 0 Å². The Morgan fingerprint density at radius 3 is 1.90 bits per heavy atom. The molecule has 10 N–H and O–H groups in total. The Balaban J connectivity index is 5.07. The molecule has 4 unspecified atom stereocenters. The summed E-state index contributed by atoms with van der Waals surface area (Å²) < 4.78 is 0. The van der Waals surface area contributed by atoms with Gasteiger partial charge in [-0.15, -0.1) is 0 Å². The summed E-state index contributed by atoms with van der Waals surface area (Å²) in [5.74, 6) is -6.42. The minimum Gasteiger partial charge on any atom is -0.481 e. The van der Waals surface area contributed by atoms with E-state index >= 15 is 0 Å². The lowest BCUT2D eigenvalue weighted by molar-refractivity contribution is -0.143. The van der Waals surface area contributed by atoms with Crippen molar-refractivity contribution in [3.05, 3.63) is 0 Å². The Hall–Kier alpha value is -3.26. The highest BCUT2D eigenvalue weighted by atomic mass is 16.4. The van der Waals surface area contributed by atoms with Crippen LogP contribution in [0.5, 0.6) is 0 Å². The van der Waals surface area contributed by atoms with E-state index in [-0.39, 0.29) is 12.8 Å². The van der Waals surface area contributed by atoms with Gasteiger partial charge in [0.2, 0.25) is 23.6 Å². The third-order valence-corrected chi connectivity index (χ3v) is 3.59. The van der Waals surface area contributed by atoms with E-state index in [9.17, 15) is 28.8 Å². The number of carbonyl (C=O) groups excluding carboxylic acids is 4. The number of carboxylic acid groups (broad SMARTS) is 2. The van der Waals surface area contributed by atoms with Gasteiger partial charge in [0.05, 0.1) is 19.1 Å². The molecule has 0 saturated heterocycles. The molecule has 0 aromatic carbocycles. The number of aliphatic hydroxyl groups excluding tert-OH is 1. The maximum atomic E-state index is 12.2. The molecule has 0 heterocycles. The van der Waals surface area contributed by atoms with Gasteiger partial charge in [0, 0.05) is 6.42 Å². The molecule has 0 fully saturated rings. The van der Waals surface area contributed by atoms with Gasteiger partial charge in [0.1, 0.15) is 18.1 Å². The normalized spacial score (nSPS) is 14.6. The first-order valence-electron chi connectivity index (χ1n) is 8.39. The van der Waals surface area contributed by atoms with Crippen molar-refractivity contribution in [2.45, 2.75) is 50.4 Å². The molecule has 0 aliphatic heterocycles. The van der Waals surface area contributed by atoms with Crippen LogP contribution in [0, 0.1) is 0 Å². The fraction of sp³-hybridized carbons (Fsp3) is 0.600. The second kappa shape index (κ2) is 12.2. The highest BCUT2D eigenvalue weighted by Crippen LogP contribution is 2.01. The summed E-state index contributed by atoms with van der Waals surface area (Å²) in [7, 11) is 0. The molecule has 0 saturated carbocycles. The smallest absolute Gasteiger partial charge is 0.328 e. The molecule has 0 aliphatic carbocycles. The summed E-state index contributed by atoms with van der Waals surface area (Å²) >= 11 is 0. The van der Waals surface area contributed by atoms with Crippen molar-refractivity contribution in [2.75, 3.05) is 6.61 Å². The summed E-state index contributed by atoms with van der Waals surface area (Å²) in [6, 6.07) is -5.67. The molecule has 14 heteroatoms. The van der Waals surface area contributed by atoms with Crippen molar-refractivity contribution in [1.29, 1.82) is 0 Å². The molecular weight excluding hydrogens is 394 g/mol. The number of hydrogen-bond acceptors (Lipinski definition) is 8. The minimum absolute atomic E-state index is 0.274. The number of carboxylic acids is 2. The highest BCUT2D eigenvalue weighted by molar-refractivity contribution is 5.94. The van der Waals surface area contributed by atoms with Gasteiger partial charge in [-0.2, -0.15) is 0 Å². The Labute approximate surface area is 165 Å². The predicted octanol–water partition coefficient (Wildman–Crippen LogP) is -4.39. The number of amides is 4. The maximum Gasteiger partial charge on any atom is 0.328 e. The zero-order valence-electron chi connectivity index (χ0n) is 15.6. The molecule has 0 spiro atoms. The zero-order chi connectivity index (χ0) is 22.7. The van der Waals surface area contributed by atoms with Crippen molar-refractivity contribution in [3.8, 4) is 0 Å². The van der Waals surface area contributed by atoms with Gasteiger partial charge in [-0.25, -0.2) is 4.79 Å². The number of carbonyl (C=O) groups is 6. The fourth-order valence-electron chi connectivity index (χ4n) is 1.98. The molecule has 14 nitrogen and oxygen atoms in total. The number of aliphatic carboxylic acids is 2. The third-order valence-electron chi connectivity index (χ3n) is 3.59. The van der Waals surface area contributed by atoms with Crippen LogP contribution in [0.4, 0.5) is 0 Å². The molecule has 0 aromatic heterocycles. The van der Waals surface area contributed by atoms with Gasteiger partial charge < -0.3 is 42.7 Å². The summed E-state index contributed by atoms with van der Waals surface area (Å²) in [5.41, 5.74) is 10.4. The lowest BCUT2D eigenvalue weighted by Crippen LogP contribution is -2.57. The lowest BCUT2D eigenvalue weighted by atomic mass is 10.1. The highest BCUT2D eigenvalue weighted by Gasteiger charge is 2.29. The third kappa shape index (κ3) is 10.0. The first-order valence-corrected chi connectivity index (χ1v) is 8.39. The monoisotopic (exact) mass is 419 g/mol. The van der Waals surface area contributed by atoms with Crippen molar-refractivity contribution >= 4 is 35.6 Å². The minimum atomic E-state index is -1.64. The molecule has 4 amide bonds. The largest absolute Gasteiger partial charge is 0.481 e. The summed E-state index contributed by atoms with van der Waals surface area (Å²) in [6.07, 6.45) is -1.26. The number of rotatable bonds is 13. The van der Waals surface area contributed by atoms with Crippen LogP contribution in [-0.2, 0) is 28.8 Å². The van der Waals surface area contributed by atoms with E-state index in [2.05, 4.69) is 10.6 Å². The van der Waals surface area contributed by atoms with Crippen LogP contribution in [0.15, 0.2) is 0 Å². The predicted molar refractivity (Wildman–Crippen MR) is 94.8 cm³/mol. The van der Waals surface area contributed by atoms with Crippen LogP contribution < -0.4 is 27.4 Å².